The Bertz CT molecular complexity index is 870. The summed E-state index contributed by atoms with van der Waals surface area (Å²) in [6, 6.07) is 11.5. The molecule has 0 aliphatic heterocycles. The second-order valence-electron chi connectivity index (χ2n) is 5.60. The molecule has 0 bridgehead atoms. The molecule has 1 N–H and O–H groups in total. The first-order valence-corrected chi connectivity index (χ1v) is 7.72. The molecule has 0 radical (unpaired) electrons. The van der Waals surface area contributed by atoms with Crippen LogP contribution in [0.1, 0.15) is 34.1 Å². The number of benzene rings is 1. The molecule has 3 aromatic rings. The van der Waals surface area contributed by atoms with Crippen LogP contribution in [0.2, 0.25) is 0 Å². The third kappa shape index (κ3) is 2.93. The fourth-order valence-electron chi connectivity index (χ4n) is 2.72. The van der Waals surface area contributed by atoms with E-state index < -0.39 is 0 Å². The number of carbonyl (C=O) groups is 1. The van der Waals surface area contributed by atoms with Crippen LogP contribution in [0.15, 0.2) is 42.6 Å². The lowest BCUT2D eigenvalue weighted by Gasteiger charge is -2.13. The van der Waals surface area contributed by atoms with E-state index in [1.807, 2.05) is 57.2 Å². The van der Waals surface area contributed by atoms with E-state index in [-0.39, 0.29) is 5.91 Å². The monoisotopic (exact) mass is 305 g/mol. The molecule has 1 amide bonds. The van der Waals surface area contributed by atoms with Crippen molar-refractivity contribution in [3.8, 4) is 0 Å². The maximum absolute atomic E-state index is 12.8. The van der Waals surface area contributed by atoms with Crippen molar-refractivity contribution >= 4 is 22.6 Å². The van der Waals surface area contributed by atoms with Gasteiger partial charge >= 0.3 is 0 Å². The summed E-state index contributed by atoms with van der Waals surface area (Å²) in [5, 5.41) is 3.76. The van der Waals surface area contributed by atoms with Gasteiger partial charge in [0.05, 0.1) is 11.1 Å². The number of anilines is 1. The second-order valence-corrected chi connectivity index (χ2v) is 5.60. The van der Waals surface area contributed by atoms with Gasteiger partial charge in [0.25, 0.3) is 5.91 Å². The fraction of sp³-hybridized carbons (Fsp3) is 0.211. The van der Waals surface area contributed by atoms with Crippen LogP contribution in [0.3, 0.4) is 0 Å². The van der Waals surface area contributed by atoms with Gasteiger partial charge in [-0.15, -0.1) is 0 Å². The van der Waals surface area contributed by atoms with Gasteiger partial charge < -0.3 is 5.32 Å². The lowest BCUT2D eigenvalue weighted by molar-refractivity contribution is 0.102. The molecule has 1 aromatic carbocycles. The Hall–Kier alpha value is -2.75. The summed E-state index contributed by atoms with van der Waals surface area (Å²) in [5.74, 6) is 0.408. The quantitative estimate of drug-likeness (QED) is 0.794. The molecule has 0 aliphatic rings. The predicted molar refractivity (Wildman–Crippen MR) is 92.8 cm³/mol. The summed E-state index contributed by atoms with van der Waals surface area (Å²) >= 11 is 0. The normalized spacial score (nSPS) is 10.7. The van der Waals surface area contributed by atoms with Crippen LogP contribution in [0, 0.1) is 13.8 Å². The number of nitrogens with zero attached hydrogens (tertiary/aromatic N) is 2. The van der Waals surface area contributed by atoms with Gasteiger partial charge in [-0.05, 0) is 43.5 Å². The number of fused-ring (bicyclic) bond motifs is 1. The number of nitrogens with one attached hydrogen (secondary N) is 1. The summed E-state index contributed by atoms with van der Waals surface area (Å²) in [5.41, 5.74) is 4.45. The van der Waals surface area contributed by atoms with Crippen LogP contribution in [0.25, 0.3) is 10.9 Å². The minimum Gasteiger partial charge on any atom is -0.307 e. The third-order valence-electron chi connectivity index (χ3n) is 3.95. The molecule has 0 unspecified atom stereocenters. The second kappa shape index (κ2) is 6.16. The summed E-state index contributed by atoms with van der Waals surface area (Å²) in [6.45, 7) is 5.97. The molecule has 0 aliphatic carbocycles. The zero-order chi connectivity index (χ0) is 16.4. The molecule has 116 valence electrons. The molecule has 3 rings (SSSR count). The van der Waals surface area contributed by atoms with Crippen molar-refractivity contribution in [3.05, 3.63) is 65.0 Å². The molecule has 4 heteroatoms. The molecule has 2 heterocycles. The van der Waals surface area contributed by atoms with Crippen molar-refractivity contribution in [1.82, 2.24) is 9.97 Å². The number of aryl methyl sites for hydroxylation is 2. The van der Waals surface area contributed by atoms with Crippen molar-refractivity contribution in [2.75, 3.05) is 5.32 Å². The smallest absolute Gasteiger partial charge is 0.257 e. The number of amides is 1. The molecule has 23 heavy (non-hydrogen) atoms. The molecule has 0 fully saturated rings. The Balaban J connectivity index is 2.08. The number of aromatic nitrogens is 2. The molecule has 0 spiro atoms. The highest BCUT2D eigenvalue weighted by atomic mass is 16.1. The molecular formula is C19H19N3O. The Morgan fingerprint density at radius 1 is 1.13 bits per heavy atom. The molecule has 4 nitrogen and oxygen atoms in total. The first kappa shape index (κ1) is 15.2. The lowest BCUT2D eigenvalue weighted by Crippen LogP contribution is -2.16. The maximum atomic E-state index is 12.8. The van der Waals surface area contributed by atoms with Gasteiger partial charge in [-0.1, -0.05) is 31.2 Å². The van der Waals surface area contributed by atoms with Crippen molar-refractivity contribution in [1.29, 1.82) is 0 Å². The zero-order valence-corrected chi connectivity index (χ0v) is 13.6. The molecule has 0 saturated carbocycles. The SMILES string of the molecule is CCc1nc2ccccc2c(C(=O)Nc2ccc(C)cn2)c1C. The topological polar surface area (TPSA) is 54.9 Å². The first-order chi connectivity index (χ1) is 11.1. The van der Waals surface area contributed by atoms with Gasteiger partial charge in [0.15, 0.2) is 0 Å². The minimum absolute atomic E-state index is 0.146. The molecule has 2 aromatic heterocycles. The highest BCUT2D eigenvalue weighted by molar-refractivity contribution is 6.13. The fourth-order valence-corrected chi connectivity index (χ4v) is 2.72. The third-order valence-corrected chi connectivity index (χ3v) is 3.95. The van der Waals surface area contributed by atoms with Gasteiger partial charge in [-0.25, -0.2) is 4.98 Å². The van der Waals surface area contributed by atoms with E-state index in [1.54, 1.807) is 6.20 Å². The summed E-state index contributed by atoms with van der Waals surface area (Å²) in [7, 11) is 0. The van der Waals surface area contributed by atoms with E-state index in [9.17, 15) is 4.79 Å². The van der Waals surface area contributed by atoms with Gasteiger partial charge in [0.2, 0.25) is 0 Å². The van der Waals surface area contributed by atoms with Crippen molar-refractivity contribution in [2.24, 2.45) is 0 Å². The highest BCUT2D eigenvalue weighted by Crippen LogP contribution is 2.24. The van der Waals surface area contributed by atoms with E-state index in [2.05, 4.69) is 15.3 Å². The van der Waals surface area contributed by atoms with E-state index >= 15 is 0 Å². The number of rotatable bonds is 3. The number of hydrogen-bond acceptors (Lipinski definition) is 3. The lowest BCUT2D eigenvalue weighted by atomic mass is 9.99. The summed E-state index contributed by atoms with van der Waals surface area (Å²) < 4.78 is 0. The van der Waals surface area contributed by atoms with Crippen LogP contribution in [0.5, 0.6) is 0 Å². The molecule has 0 atom stereocenters. The summed E-state index contributed by atoms with van der Waals surface area (Å²) in [6.07, 6.45) is 2.53. The van der Waals surface area contributed by atoms with Crippen LogP contribution < -0.4 is 5.32 Å². The van der Waals surface area contributed by atoms with Gasteiger partial charge in [0, 0.05) is 17.3 Å². The largest absolute Gasteiger partial charge is 0.307 e. The van der Waals surface area contributed by atoms with E-state index in [1.165, 1.54) is 0 Å². The predicted octanol–water partition coefficient (Wildman–Crippen LogP) is 4.06. The van der Waals surface area contributed by atoms with Gasteiger partial charge in [-0.3, -0.25) is 9.78 Å². The average Bonchev–Trinajstić information content (AvgIpc) is 2.56. The summed E-state index contributed by atoms with van der Waals surface area (Å²) in [4.78, 5) is 21.7. The molecule has 0 saturated heterocycles. The Kier molecular flexibility index (Phi) is 4.06. The maximum Gasteiger partial charge on any atom is 0.257 e. The van der Waals surface area contributed by atoms with E-state index in [4.69, 9.17) is 0 Å². The van der Waals surface area contributed by atoms with Crippen LogP contribution >= 0.6 is 0 Å². The van der Waals surface area contributed by atoms with E-state index in [0.29, 0.717) is 11.4 Å². The Morgan fingerprint density at radius 2 is 1.91 bits per heavy atom. The van der Waals surface area contributed by atoms with Crippen molar-refractivity contribution in [3.63, 3.8) is 0 Å². The minimum atomic E-state index is -0.146. The number of pyridine rings is 2. The number of hydrogen-bond donors (Lipinski definition) is 1. The highest BCUT2D eigenvalue weighted by Gasteiger charge is 2.17. The molecular weight excluding hydrogens is 286 g/mol. The first-order valence-electron chi connectivity index (χ1n) is 7.72. The average molecular weight is 305 g/mol. The van der Waals surface area contributed by atoms with Crippen molar-refractivity contribution in [2.45, 2.75) is 27.2 Å². The Morgan fingerprint density at radius 3 is 2.61 bits per heavy atom. The van der Waals surface area contributed by atoms with E-state index in [0.717, 1.165) is 34.1 Å². The van der Waals surface area contributed by atoms with Crippen LogP contribution in [-0.2, 0) is 6.42 Å². The van der Waals surface area contributed by atoms with Gasteiger partial charge in [-0.2, -0.15) is 0 Å². The number of para-hydroxylation sites is 1. The van der Waals surface area contributed by atoms with Crippen LogP contribution in [-0.4, -0.2) is 15.9 Å². The van der Waals surface area contributed by atoms with Crippen LogP contribution in [0.4, 0.5) is 5.82 Å². The van der Waals surface area contributed by atoms with Crippen molar-refractivity contribution < 1.29 is 4.79 Å². The Labute approximate surface area is 135 Å². The van der Waals surface area contributed by atoms with Gasteiger partial charge in [0.1, 0.15) is 5.82 Å². The standard InChI is InChI=1S/C19H19N3O/c1-4-15-13(3)18(14-7-5-6-8-16(14)21-15)19(23)22-17-10-9-12(2)11-20-17/h5-11H,4H2,1-3H3,(H,20,22,23). The zero-order valence-electron chi connectivity index (χ0n) is 13.6. The number of carbonyl (C=O) groups excluding carboxylic acids is 1.